The fraction of sp³-hybridized carbons (Fsp3) is 0.625. The first-order valence-corrected chi connectivity index (χ1v) is 8.14. The van der Waals surface area contributed by atoms with Gasteiger partial charge in [0.15, 0.2) is 0 Å². The third kappa shape index (κ3) is 8.56. The number of aliphatic hydroxyl groups is 1. The largest absolute Gasteiger partial charge is 0.491 e. The summed E-state index contributed by atoms with van der Waals surface area (Å²) in [7, 11) is 0. The van der Waals surface area contributed by atoms with Gasteiger partial charge in [0, 0.05) is 11.0 Å². The van der Waals surface area contributed by atoms with Crippen LogP contribution in [0.2, 0.25) is 0 Å². The van der Waals surface area contributed by atoms with E-state index in [1.807, 2.05) is 24.3 Å². The smallest absolute Gasteiger partial charge is 0.120 e. The fourth-order valence-electron chi connectivity index (χ4n) is 1.88. The zero-order valence-electron chi connectivity index (χ0n) is 12.4. The molecule has 1 rings (SSSR count). The molecule has 0 heterocycles. The minimum absolute atomic E-state index is 0.315. The quantitative estimate of drug-likeness (QED) is 0.637. The van der Waals surface area contributed by atoms with Crippen LogP contribution in [0.5, 0.6) is 5.75 Å². The second-order valence-electron chi connectivity index (χ2n) is 5.52. The summed E-state index contributed by atoms with van der Waals surface area (Å²) in [5.41, 5.74) is 0. The van der Waals surface area contributed by atoms with Gasteiger partial charge in [0.25, 0.3) is 0 Å². The van der Waals surface area contributed by atoms with Gasteiger partial charge in [0.2, 0.25) is 0 Å². The van der Waals surface area contributed by atoms with Crippen molar-refractivity contribution in [3.05, 3.63) is 28.7 Å². The van der Waals surface area contributed by atoms with Gasteiger partial charge in [-0.25, -0.2) is 0 Å². The Hall–Kier alpha value is -0.580. The number of aliphatic hydroxyl groups excluding tert-OH is 1. The van der Waals surface area contributed by atoms with Gasteiger partial charge in [-0.2, -0.15) is 0 Å². The van der Waals surface area contributed by atoms with Crippen molar-refractivity contribution >= 4 is 15.9 Å². The van der Waals surface area contributed by atoms with Gasteiger partial charge in [-0.05, 0) is 37.1 Å². The van der Waals surface area contributed by atoms with Crippen LogP contribution in [0.25, 0.3) is 0 Å². The van der Waals surface area contributed by atoms with Crippen LogP contribution in [0.1, 0.15) is 33.1 Å². The highest BCUT2D eigenvalue weighted by Crippen LogP contribution is 2.17. The van der Waals surface area contributed by atoms with E-state index in [9.17, 15) is 5.11 Å². The molecule has 0 aromatic heterocycles. The van der Waals surface area contributed by atoms with Gasteiger partial charge in [-0.15, -0.1) is 0 Å². The van der Waals surface area contributed by atoms with E-state index in [0.29, 0.717) is 13.2 Å². The molecule has 3 nitrogen and oxygen atoms in total. The van der Waals surface area contributed by atoms with E-state index in [1.54, 1.807) is 0 Å². The van der Waals surface area contributed by atoms with E-state index in [-0.39, 0.29) is 0 Å². The minimum atomic E-state index is -0.473. The van der Waals surface area contributed by atoms with Crippen LogP contribution in [0, 0.1) is 5.92 Å². The van der Waals surface area contributed by atoms with Crippen LogP contribution in [-0.2, 0) is 0 Å². The number of nitrogens with one attached hydrogen (secondary N) is 1. The number of unbranched alkanes of at least 4 members (excludes halogenated alkanes) is 1. The van der Waals surface area contributed by atoms with Crippen molar-refractivity contribution in [3.8, 4) is 5.75 Å². The van der Waals surface area contributed by atoms with Gasteiger partial charge in [0.1, 0.15) is 18.5 Å². The van der Waals surface area contributed by atoms with Crippen molar-refractivity contribution in [2.24, 2.45) is 5.92 Å². The second-order valence-corrected chi connectivity index (χ2v) is 6.43. The summed E-state index contributed by atoms with van der Waals surface area (Å²) in [6.45, 7) is 6.35. The average Bonchev–Trinajstić information content (AvgIpc) is 2.40. The number of hydrogen-bond acceptors (Lipinski definition) is 3. The van der Waals surface area contributed by atoms with Gasteiger partial charge >= 0.3 is 0 Å². The number of halogens is 1. The Morgan fingerprint density at radius 2 is 2.10 bits per heavy atom. The predicted molar refractivity (Wildman–Crippen MR) is 87.2 cm³/mol. The van der Waals surface area contributed by atoms with Gasteiger partial charge in [0.05, 0.1) is 0 Å². The number of benzene rings is 1. The standard InChI is InChI=1S/C16H26BrNO2/c1-13(2)6-3-4-9-18-11-15(19)12-20-16-8-5-7-14(17)10-16/h5,7-8,10,13,15,18-19H,3-4,6,9,11-12H2,1-2H3. The summed E-state index contributed by atoms with van der Waals surface area (Å²) in [5.74, 6) is 1.55. The van der Waals surface area contributed by atoms with E-state index in [2.05, 4.69) is 35.1 Å². The molecule has 0 aliphatic carbocycles. The fourth-order valence-corrected chi connectivity index (χ4v) is 2.26. The van der Waals surface area contributed by atoms with Gasteiger partial charge in [-0.1, -0.05) is 48.7 Å². The van der Waals surface area contributed by atoms with Crippen molar-refractivity contribution in [2.45, 2.75) is 39.2 Å². The summed E-state index contributed by atoms with van der Waals surface area (Å²) >= 11 is 3.39. The van der Waals surface area contributed by atoms with Crippen LogP contribution in [0.15, 0.2) is 28.7 Å². The molecule has 0 aliphatic rings. The zero-order chi connectivity index (χ0) is 14.8. The summed E-state index contributed by atoms with van der Waals surface area (Å²) in [6, 6.07) is 7.64. The molecule has 0 bridgehead atoms. The summed E-state index contributed by atoms with van der Waals surface area (Å²) in [4.78, 5) is 0. The molecule has 0 spiro atoms. The molecule has 0 saturated heterocycles. The van der Waals surface area contributed by atoms with E-state index >= 15 is 0 Å². The molecule has 0 amide bonds. The maximum atomic E-state index is 9.83. The molecule has 20 heavy (non-hydrogen) atoms. The van der Waals surface area contributed by atoms with Crippen molar-refractivity contribution in [2.75, 3.05) is 19.7 Å². The summed E-state index contributed by atoms with van der Waals surface area (Å²) in [5, 5.41) is 13.1. The molecule has 0 fully saturated rings. The molecule has 1 atom stereocenters. The lowest BCUT2D eigenvalue weighted by molar-refractivity contribution is 0.106. The first kappa shape index (κ1) is 17.5. The Bertz CT molecular complexity index is 371. The first-order chi connectivity index (χ1) is 9.58. The maximum Gasteiger partial charge on any atom is 0.120 e. The molecule has 114 valence electrons. The highest BCUT2D eigenvalue weighted by Gasteiger charge is 2.05. The Balaban J connectivity index is 2.04. The van der Waals surface area contributed by atoms with E-state index in [0.717, 1.165) is 29.1 Å². The summed E-state index contributed by atoms with van der Waals surface area (Å²) in [6.07, 6.45) is 3.21. The number of ether oxygens (including phenoxy) is 1. The molecule has 1 aromatic rings. The normalized spacial score (nSPS) is 12.7. The van der Waals surface area contributed by atoms with E-state index in [1.165, 1.54) is 12.8 Å². The Kier molecular flexibility index (Phi) is 8.90. The minimum Gasteiger partial charge on any atom is -0.491 e. The van der Waals surface area contributed by atoms with Crippen molar-refractivity contribution in [1.29, 1.82) is 0 Å². The SMILES string of the molecule is CC(C)CCCCNCC(O)COc1cccc(Br)c1. The first-order valence-electron chi connectivity index (χ1n) is 7.35. The number of hydrogen-bond donors (Lipinski definition) is 2. The lowest BCUT2D eigenvalue weighted by Crippen LogP contribution is -2.32. The lowest BCUT2D eigenvalue weighted by atomic mass is 10.1. The molecular weight excluding hydrogens is 318 g/mol. The highest BCUT2D eigenvalue weighted by molar-refractivity contribution is 9.10. The Labute approximate surface area is 130 Å². The van der Waals surface area contributed by atoms with Crippen molar-refractivity contribution in [1.82, 2.24) is 5.32 Å². The molecule has 2 N–H and O–H groups in total. The molecule has 1 aromatic carbocycles. The van der Waals surface area contributed by atoms with Gasteiger partial charge < -0.3 is 15.2 Å². The lowest BCUT2D eigenvalue weighted by Gasteiger charge is -2.13. The Morgan fingerprint density at radius 3 is 2.80 bits per heavy atom. The monoisotopic (exact) mass is 343 g/mol. The number of rotatable bonds is 10. The maximum absolute atomic E-state index is 9.83. The Morgan fingerprint density at radius 1 is 1.30 bits per heavy atom. The van der Waals surface area contributed by atoms with Gasteiger partial charge in [-0.3, -0.25) is 0 Å². The topological polar surface area (TPSA) is 41.5 Å². The molecule has 0 saturated carbocycles. The average molecular weight is 344 g/mol. The predicted octanol–water partition coefficient (Wildman–Crippen LogP) is 3.60. The van der Waals surface area contributed by atoms with E-state index in [4.69, 9.17) is 4.74 Å². The van der Waals surface area contributed by atoms with Crippen molar-refractivity contribution in [3.63, 3.8) is 0 Å². The van der Waals surface area contributed by atoms with Crippen LogP contribution in [-0.4, -0.2) is 30.9 Å². The summed E-state index contributed by atoms with van der Waals surface area (Å²) < 4.78 is 6.52. The molecule has 0 radical (unpaired) electrons. The van der Waals surface area contributed by atoms with E-state index < -0.39 is 6.10 Å². The van der Waals surface area contributed by atoms with Crippen LogP contribution in [0.3, 0.4) is 0 Å². The molecule has 1 unspecified atom stereocenters. The molecule has 4 heteroatoms. The zero-order valence-corrected chi connectivity index (χ0v) is 14.0. The third-order valence-electron chi connectivity index (χ3n) is 3.00. The second kappa shape index (κ2) is 10.2. The molecular formula is C16H26BrNO2. The van der Waals surface area contributed by atoms with Crippen molar-refractivity contribution < 1.29 is 9.84 Å². The molecule has 0 aliphatic heterocycles. The van der Waals surface area contributed by atoms with Crippen LogP contribution >= 0.6 is 15.9 Å². The van der Waals surface area contributed by atoms with Crippen LogP contribution in [0.4, 0.5) is 0 Å². The highest BCUT2D eigenvalue weighted by atomic mass is 79.9. The van der Waals surface area contributed by atoms with Crippen LogP contribution < -0.4 is 10.1 Å². The third-order valence-corrected chi connectivity index (χ3v) is 3.50.